The van der Waals surface area contributed by atoms with E-state index in [-0.39, 0.29) is 44.6 Å². The molecule has 0 heterocycles. The Balaban J connectivity index is -0.0000000174. The minimum absolute atomic E-state index is 0. The van der Waals surface area contributed by atoms with Gasteiger partial charge in [-0.2, -0.15) is 0 Å². The summed E-state index contributed by atoms with van der Waals surface area (Å²) >= 11 is 0. The predicted octanol–water partition coefficient (Wildman–Crippen LogP) is 7.71. The fourth-order valence-electron chi connectivity index (χ4n) is 2.12. The molecule has 0 bridgehead atoms. The van der Waals surface area contributed by atoms with Crippen LogP contribution in [0.4, 0.5) is 0 Å². The highest BCUT2D eigenvalue weighted by molar-refractivity contribution is 5.27. The van der Waals surface area contributed by atoms with E-state index >= 15 is 0 Å². The smallest absolute Gasteiger partial charge is 0.222 e. The molecule has 2 aliphatic rings. The van der Waals surface area contributed by atoms with E-state index in [1.54, 1.807) is 0 Å². The maximum atomic E-state index is 8.35. The summed E-state index contributed by atoms with van der Waals surface area (Å²) in [5.74, 6) is 0. The van der Waals surface area contributed by atoms with Gasteiger partial charge in [0, 0.05) is 0 Å². The van der Waals surface area contributed by atoms with Crippen LogP contribution in [0, 0.1) is 43.3 Å². The van der Waals surface area contributed by atoms with Gasteiger partial charge in [0.25, 0.3) is 0 Å². The summed E-state index contributed by atoms with van der Waals surface area (Å²) < 4.78 is 0. The molecule has 2 aliphatic carbocycles. The zero-order valence-electron chi connectivity index (χ0n) is 19.8. The van der Waals surface area contributed by atoms with Crippen LogP contribution in [0.5, 0.6) is 0 Å². The molecule has 0 saturated heterocycles. The third-order valence-electron chi connectivity index (χ3n) is 3.00. The van der Waals surface area contributed by atoms with Crippen molar-refractivity contribution in [3.8, 4) is 0 Å². The van der Waals surface area contributed by atoms with Gasteiger partial charge in [0.2, 0.25) is 48.6 Å². The number of isocyanates is 8. The van der Waals surface area contributed by atoms with Crippen LogP contribution < -0.4 is 0 Å². The van der Waals surface area contributed by atoms with Gasteiger partial charge in [-0.3, -0.25) is 0 Å². The molecule has 0 spiro atoms. The largest absolute Gasteiger partial charge is 0.231 e. The first-order valence-electron chi connectivity index (χ1n) is 9.63. The van der Waals surface area contributed by atoms with Crippen LogP contribution >= 0.6 is 0 Å². The molecular weight excluding hydrogens is 552 g/mol. The maximum absolute atomic E-state index is 8.35. The van der Waals surface area contributed by atoms with Crippen molar-refractivity contribution in [2.24, 2.45) is 0 Å². The van der Waals surface area contributed by atoms with E-state index in [0.717, 1.165) is 48.6 Å². The number of hydrogen-bond acceptors (Lipinski definition) is 16. The lowest BCUT2D eigenvalue weighted by Gasteiger charge is -2.05. The van der Waals surface area contributed by atoms with Crippen LogP contribution in [0.15, 0.2) is 0 Å². The van der Waals surface area contributed by atoms with Gasteiger partial charge in [-0.15, -0.1) is 0 Å². The van der Waals surface area contributed by atoms with E-state index < -0.39 is 0 Å². The van der Waals surface area contributed by atoms with Crippen molar-refractivity contribution in [3.63, 3.8) is 0 Å². The second kappa shape index (κ2) is 196. The molecule has 16 heteroatoms. The van der Waals surface area contributed by atoms with E-state index in [0.29, 0.717) is 0 Å². The molecule has 0 aromatic heterocycles. The van der Waals surface area contributed by atoms with Gasteiger partial charge in [-0.1, -0.05) is 122 Å². The number of carbonyl (C=O) groups excluding carboxylic acids is 8. The number of nitrogens with one attached hydrogen (secondary N) is 8. The molecule has 2 fully saturated rings. The van der Waals surface area contributed by atoms with E-state index in [9.17, 15) is 0 Å². The van der Waals surface area contributed by atoms with Crippen LogP contribution in [-0.2, 0) is 38.4 Å². The zero-order chi connectivity index (χ0) is 30.1. The van der Waals surface area contributed by atoms with E-state index in [1.165, 1.54) is 77.0 Å². The molecule has 248 valence electrons. The summed E-state index contributed by atoms with van der Waals surface area (Å²) in [4.78, 5) is 66.8. The van der Waals surface area contributed by atoms with E-state index in [4.69, 9.17) is 81.6 Å². The second-order valence-electron chi connectivity index (χ2n) is 5.06. The van der Waals surface area contributed by atoms with Gasteiger partial charge in [0.1, 0.15) is 0 Å². The quantitative estimate of drug-likeness (QED) is 0.0990. The first-order chi connectivity index (χ1) is 17.3. The first kappa shape index (κ1) is 90.6. The average molecular weight is 609 g/mol. The average Bonchev–Trinajstić information content (AvgIpc) is 2.86. The highest BCUT2D eigenvalue weighted by Crippen LogP contribution is 2.15. The second-order valence-corrected chi connectivity index (χ2v) is 5.06. The molecule has 0 aromatic rings. The molecular formula is C26H56N8O8. The highest BCUT2D eigenvalue weighted by Gasteiger charge is 1.96. The molecule has 2 rings (SSSR count). The summed E-state index contributed by atoms with van der Waals surface area (Å²) in [5.41, 5.74) is 0. The number of hydrogen-bond donors (Lipinski definition) is 8. The highest BCUT2D eigenvalue weighted by atomic mass is 16.1. The van der Waals surface area contributed by atoms with Gasteiger partial charge >= 0.3 is 0 Å². The fraction of sp³-hybridized carbons (Fsp3) is 0.692. The fourth-order valence-corrected chi connectivity index (χ4v) is 2.12. The van der Waals surface area contributed by atoms with Gasteiger partial charge in [-0.25, -0.2) is 81.6 Å². The summed E-state index contributed by atoms with van der Waals surface area (Å²) in [7, 11) is 0. The van der Waals surface area contributed by atoms with E-state index in [1.807, 2.05) is 0 Å². The molecule has 0 amide bonds. The molecule has 0 atom stereocenters. The van der Waals surface area contributed by atoms with Gasteiger partial charge in [0.05, 0.1) is 0 Å². The van der Waals surface area contributed by atoms with E-state index in [2.05, 4.69) is 0 Å². The van der Waals surface area contributed by atoms with Crippen molar-refractivity contribution in [1.82, 2.24) is 0 Å². The van der Waals surface area contributed by atoms with Gasteiger partial charge < -0.3 is 0 Å². The lowest BCUT2D eigenvalue weighted by molar-refractivity contribution is 0.504. The Bertz CT molecular complexity index is 498. The zero-order valence-corrected chi connectivity index (χ0v) is 19.8. The Morgan fingerprint density at radius 3 is 0.262 bits per heavy atom. The van der Waals surface area contributed by atoms with Crippen LogP contribution in [0.25, 0.3) is 0 Å². The Morgan fingerprint density at radius 1 is 0.214 bits per heavy atom. The first-order valence-corrected chi connectivity index (χ1v) is 9.63. The van der Waals surface area contributed by atoms with Crippen LogP contribution in [0.1, 0.15) is 122 Å². The molecule has 2 saturated carbocycles. The Kier molecular flexibility index (Phi) is 422. The third-order valence-corrected chi connectivity index (χ3v) is 3.00. The molecule has 0 unspecified atom stereocenters. The monoisotopic (exact) mass is 608 g/mol. The molecule has 8 N–H and O–H groups in total. The normalized spacial score (nSPS) is 8.38. The predicted molar refractivity (Wildman–Crippen MR) is 163 cm³/mol. The molecule has 0 aliphatic heterocycles. The van der Waals surface area contributed by atoms with Crippen molar-refractivity contribution in [1.29, 1.82) is 43.3 Å². The number of rotatable bonds is 0. The molecule has 16 nitrogen and oxygen atoms in total. The minimum atomic E-state index is 0. The van der Waals surface area contributed by atoms with Crippen LogP contribution in [-0.4, -0.2) is 48.6 Å². The summed E-state index contributed by atoms with van der Waals surface area (Å²) in [6, 6.07) is 0. The SMILES string of the molecule is C.C.C.C.C.C.C1CCCCC1.C1CCCCC1.N=C=O.N=C=O.N=C=O.N=C=O.N=C=O.N=C=O.N=C=O.N=C=O. The van der Waals surface area contributed by atoms with Gasteiger partial charge in [-0.05, 0) is 0 Å². The molecule has 0 aromatic carbocycles. The third kappa shape index (κ3) is 819. The molecule has 42 heavy (non-hydrogen) atoms. The van der Waals surface area contributed by atoms with Crippen LogP contribution in [0.3, 0.4) is 0 Å². The van der Waals surface area contributed by atoms with Crippen molar-refractivity contribution < 1.29 is 38.4 Å². The Labute approximate surface area is 252 Å². The van der Waals surface area contributed by atoms with Crippen LogP contribution in [0.2, 0.25) is 0 Å². The standard InChI is InChI=1S/2C6H12.8CHNO.6CH4/c2*1-2-4-6-5-3-1;8*2-1-3;;;;;;/h2*1-6H2;8*2H;6*1H4. The Morgan fingerprint density at radius 2 is 0.238 bits per heavy atom. The maximum Gasteiger partial charge on any atom is 0.231 e. The van der Waals surface area contributed by atoms with Crippen molar-refractivity contribution in [2.45, 2.75) is 122 Å². The van der Waals surface area contributed by atoms with Crippen molar-refractivity contribution >= 4 is 48.6 Å². The topological polar surface area (TPSA) is 327 Å². The lowest BCUT2D eigenvalue weighted by Crippen LogP contribution is -1.85. The summed E-state index contributed by atoms with van der Waals surface area (Å²) in [6.45, 7) is 0. The van der Waals surface area contributed by atoms with Gasteiger partial charge in [0.15, 0.2) is 0 Å². The van der Waals surface area contributed by atoms with Crippen molar-refractivity contribution in [3.05, 3.63) is 0 Å². The lowest BCUT2D eigenvalue weighted by atomic mass is 10.0. The summed E-state index contributed by atoms with van der Waals surface area (Å²) in [6.07, 6.45) is 24.0. The van der Waals surface area contributed by atoms with Crippen molar-refractivity contribution in [2.75, 3.05) is 0 Å². The summed E-state index contributed by atoms with van der Waals surface area (Å²) in [5, 5.41) is 43.2. The minimum Gasteiger partial charge on any atom is -0.222 e. The molecule has 0 radical (unpaired) electrons. The Hall–Kier alpha value is -4.96.